The first-order valence-electron chi connectivity index (χ1n) is 6.20. The van der Waals surface area contributed by atoms with E-state index in [1.165, 1.54) is 0 Å². The number of carbonyl (C=O) groups is 1. The van der Waals surface area contributed by atoms with Crippen molar-refractivity contribution in [1.82, 2.24) is 4.90 Å². The fraction of sp³-hybridized carbons (Fsp3) is 0.467. The maximum atomic E-state index is 12.1. The normalized spacial score (nSPS) is 12.0. The molecule has 0 aliphatic heterocycles. The summed E-state index contributed by atoms with van der Waals surface area (Å²) in [6, 6.07) is 9.46. The number of hydrogen-bond donors (Lipinski definition) is 0. The molecular weight excluding hydrogens is 224 g/mol. The van der Waals surface area contributed by atoms with Gasteiger partial charge >= 0.3 is 0 Å². The molecule has 0 bridgehead atoms. The number of nitrogens with zero attached hydrogens (tertiary/aromatic N) is 2. The minimum Gasteiger partial charge on any atom is -0.343 e. The van der Waals surface area contributed by atoms with Crippen LogP contribution in [0, 0.1) is 17.2 Å². The molecule has 1 aromatic carbocycles. The molecule has 0 spiro atoms. The van der Waals surface area contributed by atoms with Gasteiger partial charge in [-0.1, -0.05) is 26.0 Å². The Morgan fingerprint density at radius 1 is 1.28 bits per heavy atom. The minimum absolute atomic E-state index is 0.112. The monoisotopic (exact) mass is 244 g/mol. The van der Waals surface area contributed by atoms with E-state index < -0.39 is 0 Å². The molecule has 0 saturated heterocycles. The average Bonchev–Trinajstić information content (AvgIpc) is 2.37. The fourth-order valence-corrected chi connectivity index (χ4v) is 1.67. The van der Waals surface area contributed by atoms with E-state index in [0.717, 1.165) is 5.56 Å². The molecule has 1 atom stereocenters. The average molecular weight is 244 g/mol. The number of benzene rings is 1. The van der Waals surface area contributed by atoms with Crippen molar-refractivity contribution in [3.63, 3.8) is 0 Å². The Hall–Kier alpha value is -1.82. The molecule has 0 radical (unpaired) electrons. The van der Waals surface area contributed by atoms with Crippen LogP contribution in [0.2, 0.25) is 0 Å². The molecule has 0 N–H and O–H groups in total. The summed E-state index contributed by atoms with van der Waals surface area (Å²) >= 11 is 0. The van der Waals surface area contributed by atoms with E-state index in [2.05, 4.69) is 26.8 Å². The third-order valence-electron chi connectivity index (χ3n) is 3.41. The number of likely N-dealkylation sites (N-methyl/N-ethyl adjacent to an activating group) is 1. The maximum absolute atomic E-state index is 12.1. The number of nitriles is 1. The zero-order chi connectivity index (χ0) is 13.7. The molecule has 0 heterocycles. The highest BCUT2D eigenvalue weighted by molar-refractivity contribution is 5.78. The summed E-state index contributed by atoms with van der Waals surface area (Å²) in [5.41, 5.74) is 1.57. The highest BCUT2D eigenvalue weighted by atomic mass is 16.2. The maximum Gasteiger partial charge on any atom is 0.226 e. The van der Waals surface area contributed by atoms with Crippen LogP contribution in [-0.4, -0.2) is 23.9 Å². The first-order valence-corrected chi connectivity index (χ1v) is 6.20. The van der Waals surface area contributed by atoms with E-state index in [9.17, 15) is 4.79 Å². The van der Waals surface area contributed by atoms with Crippen molar-refractivity contribution in [2.24, 2.45) is 5.92 Å². The van der Waals surface area contributed by atoms with Crippen molar-refractivity contribution in [3.05, 3.63) is 35.4 Å². The lowest BCUT2D eigenvalue weighted by Crippen LogP contribution is -2.39. The van der Waals surface area contributed by atoms with Gasteiger partial charge < -0.3 is 4.90 Å². The lowest BCUT2D eigenvalue weighted by atomic mass is 10.0. The molecule has 3 heteroatoms. The summed E-state index contributed by atoms with van der Waals surface area (Å²) < 4.78 is 0. The summed E-state index contributed by atoms with van der Waals surface area (Å²) in [6.45, 7) is 6.27. The Labute approximate surface area is 109 Å². The second-order valence-corrected chi connectivity index (χ2v) is 4.97. The molecule has 18 heavy (non-hydrogen) atoms. The molecule has 1 aromatic rings. The molecule has 0 aromatic heterocycles. The summed E-state index contributed by atoms with van der Waals surface area (Å²) in [6.07, 6.45) is 0.388. The lowest BCUT2D eigenvalue weighted by molar-refractivity contribution is -0.131. The Balaban J connectivity index is 2.67. The van der Waals surface area contributed by atoms with Crippen molar-refractivity contribution >= 4 is 5.91 Å². The number of hydrogen-bond acceptors (Lipinski definition) is 2. The highest BCUT2D eigenvalue weighted by Crippen LogP contribution is 2.11. The van der Waals surface area contributed by atoms with Crippen LogP contribution in [0.15, 0.2) is 24.3 Å². The van der Waals surface area contributed by atoms with E-state index in [-0.39, 0.29) is 11.9 Å². The van der Waals surface area contributed by atoms with Crippen LogP contribution in [0.1, 0.15) is 31.9 Å². The molecular formula is C15H20N2O. The zero-order valence-electron chi connectivity index (χ0n) is 11.5. The number of carbonyl (C=O) groups excluding carboxylic acids is 1. The van der Waals surface area contributed by atoms with Gasteiger partial charge in [0.1, 0.15) is 0 Å². The second kappa shape index (κ2) is 6.20. The molecule has 1 rings (SSSR count). The third kappa shape index (κ3) is 3.59. The Bertz CT molecular complexity index is 443. The van der Waals surface area contributed by atoms with Crippen molar-refractivity contribution < 1.29 is 4.79 Å². The van der Waals surface area contributed by atoms with Gasteiger partial charge in [-0.3, -0.25) is 4.79 Å². The lowest BCUT2D eigenvalue weighted by Gasteiger charge is -2.28. The molecule has 96 valence electrons. The molecule has 3 nitrogen and oxygen atoms in total. The smallest absolute Gasteiger partial charge is 0.226 e. The quantitative estimate of drug-likeness (QED) is 0.817. The van der Waals surface area contributed by atoms with Gasteiger partial charge in [-0.2, -0.15) is 5.26 Å². The predicted octanol–water partition coefficient (Wildman–Crippen LogP) is 2.60. The number of rotatable bonds is 4. The Morgan fingerprint density at radius 2 is 1.83 bits per heavy atom. The summed E-state index contributed by atoms with van der Waals surface area (Å²) in [5, 5.41) is 8.71. The fourth-order valence-electron chi connectivity index (χ4n) is 1.67. The van der Waals surface area contributed by atoms with E-state index >= 15 is 0 Å². The summed E-state index contributed by atoms with van der Waals surface area (Å²) in [7, 11) is 1.84. The van der Waals surface area contributed by atoms with Crippen molar-refractivity contribution in [1.29, 1.82) is 5.26 Å². The Kier molecular flexibility index (Phi) is 4.91. The van der Waals surface area contributed by atoms with Gasteiger partial charge in [0.25, 0.3) is 0 Å². The van der Waals surface area contributed by atoms with Crippen molar-refractivity contribution in [3.8, 4) is 6.07 Å². The van der Waals surface area contributed by atoms with E-state index in [1.54, 1.807) is 17.0 Å². The molecule has 0 aliphatic carbocycles. The van der Waals surface area contributed by atoms with Crippen LogP contribution in [0.3, 0.4) is 0 Å². The van der Waals surface area contributed by atoms with Crippen LogP contribution >= 0.6 is 0 Å². The standard InChI is InChI=1S/C15H20N2O/c1-11(2)12(3)17(4)15(18)9-13-5-7-14(10-16)8-6-13/h5-8,11-12H,9H2,1-4H3. The Morgan fingerprint density at radius 3 is 2.28 bits per heavy atom. The van der Waals surface area contributed by atoms with Gasteiger partial charge in [-0.05, 0) is 30.5 Å². The summed E-state index contributed by atoms with van der Waals surface area (Å²) in [5.74, 6) is 0.556. The molecule has 1 unspecified atom stereocenters. The van der Waals surface area contributed by atoms with E-state index in [0.29, 0.717) is 17.9 Å². The van der Waals surface area contributed by atoms with Gasteiger partial charge in [0.15, 0.2) is 0 Å². The van der Waals surface area contributed by atoms with E-state index in [4.69, 9.17) is 5.26 Å². The van der Waals surface area contributed by atoms with Crippen molar-refractivity contribution in [2.75, 3.05) is 7.05 Å². The van der Waals surface area contributed by atoms with Crippen molar-refractivity contribution in [2.45, 2.75) is 33.2 Å². The SMILES string of the molecule is CC(C)C(C)N(C)C(=O)Cc1ccc(C#N)cc1. The number of amides is 1. The molecule has 1 amide bonds. The molecule has 0 fully saturated rings. The predicted molar refractivity (Wildman–Crippen MR) is 71.9 cm³/mol. The zero-order valence-corrected chi connectivity index (χ0v) is 11.5. The second-order valence-electron chi connectivity index (χ2n) is 4.97. The van der Waals surface area contributed by atoms with Crippen LogP contribution < -0.4 is 0 Å². The van der Waals surface area contributed by atoms with Crippen LogP contribution in [-0.2, 0) is 11.2 Å². The largest absolute Gasteiger partial charge is 0.343 e. The van der Waals surface area contributed by atoms with Gasteiger partial charge in [0.05, 0.1) is 18.1 Å². The van der Waals surface area contributed by atoms with Gasteiger partial charge in [-0.25, -0.2) is 0 Å². The summed E-state index contributed by atoms with van der Waals surface area (Å²) in [4.78, 5) is 13.9. The van der Waals surface area contributed by atoms with Gasteiger partial charge in [-0.15, -0.1) is 0 Å². The third-order valence-corrected chi connectivity index (χ3v) is 3.41. The minimum atomic E-state index is 0.112. The first kappa shape index (κ1) is 14.2. The first-order chi connectivity index (χ1) is 8.45. The van der Waals surface area contributed by atoms with Gasteiger partial charge in [0.2, 0.25) is 5.91 Å². The highest BCUT2D eigenvalue weighted by Gasteiger charge is 2.18. The van der Waals surface area contributed by atoms with Gasteiger partial charge in [0, 0.05) is 13.1 Å². The van der Waals surface area contributed by atoms with Crippen LogP contribution in [0.4, 0.5) is 0 Å². The van der Waals surface area contributed by atoms with Crippen LogP contribution in [0.5, 0.6) is 0 Å². The molecule has 0 aliphatic rings. The van der Waals surface area contributed by atoms with E-state index in [1.807, 2.05) is 19.2 Å². The topological polar surface area (TPSA) is 44.1 Å². The van der Waals surface area contributed by atoms with Crippen LogP contribution in [0.25, 0.3) is 0 Å². The molecule has 0 saturated carbocycles.